The van der Waals surface area contributed by atoms with Crippen molar-refractivity contribution in [1.29, 1.82) is 0 Å². The first kappa shape index (κ1) is 11.9. The number of nitrogens with one attached hydrogen (secondary N) is 1. The van der Waals surface area contributed by atoms with Crippen LogP contribution >= 0.6 is 15.9 Å². The van der Waals surface area contributed by atoms with E-state index in [4.69, 9.17) is 0 Å². The van der Waals surface area contributed by atoms with Gasteiger partial charge in [-0.25, -0.2) is 4.39 Å². The average molecular weight is 286 g/mol. The summed E-state index contributed by atoms with van der Waals surface area (Å²) in [5.41, 5.74) is 0.986. The van der Waals surface area contributed by atoms with Gasteiger partial charge in [0.1, 0.15) is 5.82 Å². The van der Waals surface area contributed by atoms with Crippen LogP contribution in [0.2, 0.25) is 0 Å². The largest absolute Gasteiger partial charge is 0.379 e. The molecule has 0 aromatic heterocycles. The molecule has 1 N–H and O–H groups in total. The first-order valence-electron chi connectivity index (χ1n) is 5.68. The molecule has 88 valence electrons. The van der Waals surface area contributed by atoms with Gasteiger partial charge in [-0.15, -0.1) is 0 Å². The number of anilines is 1. The van der Waals surface area contributed by atoms with Gasteiger partial charge in [-0.1, -0.05) is 19.9 Å². The minimum absolute atomic E-state index is 0.181. The normalized spacial score (nSPS) is 23.4. The Bertz CT molecular complexity index is 369. The minimum Gasteiger partial charge on any atom is -0.379 e. The molecule has 1 aromatic rings. The standard InChI is InChI=1S/C13H17BrFN/c1-13(2)7-6-9(8-13)16-12-10(14)4-3-5-11(12)15/h3-5,9,16H,6-8H2,1-2H3. The van der Waals surface area contributed by atoms with E-state index in [0.29, 0.717) is 17.1 Å². The van der Waals surface area contributed by atoms with Gasteiger partial charge in [0.15, 0.2) is 0 Å². The van der Waals surface area contributed by atoms with Crippen molar-refractivity contribution in [3.8, 4) is 0 Å². The molecule has 1 atom stereocenters. The monoisotopic (exact) mass is 285 g/mol. The van der Waals surface area contributed by atoms with E-state index in [1.807, 2.05) is 6.07 Å². The van der Waals surface area contributed by atoms with E-state index in [0.717, 1.165) is 17.3 Å². The second kappa shape index (κ2) is 4.36. The molecule has 1 aliphatic carbocycles. The molecular formula is C13H17BrFN. The number of halogens is 2. The Morgan fingerprint density at radius 1 is 1.44 bits per heavy atom. The number of para-hydroxylation sites is 1. The van der Waals surface area contributed by atoms with E-state index in [1.54, 1.807) is 6.07 Å². The summed E-state index contributed by atoms with van der Waals surface area (Å²) in [4.78, 5) is 0. The summed E-state index contributed by atoms with van der Waals surface area (Å²) in [7, 11) is 0. The molecule has 0 bridgehead atoms. The third kappa shape index (κ3) is 2.57. The topological polar surface area (TPSA) is 12.0 Å². The lowest BCUT2D eigenvalue weighted by Crippen LogP contribution is -2.18. The van der Waals surface area contributed by atoms with Crippen LogP contribution < -0.4 is 5.32 Å². The number of rotatable bonds is 2. The van der Waals surface area contributed by atoms with Crippen LogP contribution in [0.5, 0.6) is 0 Å². The molecule has 1 fully saturated rings. The Hall–Kier alpha value is -0.570. The van der Waals surface area contributed by atoms with Crippen LogP contribution in [0.3, 0.4) is 0 Å². The second-order valence-corrected chi connectivity index (χ2v) is 6.20. The van der Waals surface area contributed by atoms with Crippen molar-refractivity contribution in [2.24, 2.45) is 5.41 Å². The minimum atomic E-state index is -0.181. The van der Waals surface area contributed by atoms with Crippen molar-refractivity contribution < 1.29 is 4.39 Å². The highest BCUT2D eigenvalue weighted by atomic mass is 79.9. The molecule has 0 spiro atoms. The highest BCUT2D eigenvalue weighted by Crippen LogP contribution is 2.39. The van der Waals surface area contributed by atoms with Gasteiger partial charge < -0.3 is 5.32 Å². The van der Waals surface area contributed by atoms with E-state index < -0.39 is 0 Å². The summed E-state index contributed by atoms with van der Waals surface area (Å²) in [6.07, 6.45) is 3.43. The van der Waals surface area contributed by atoms with Crippen LogP contribution in [0.25, 0.3) is 0 Å². The zero-order chi connectivity index (χ0) is 11.8. The first-order chi connectivity index (χ1) is 7.48. The summed E-state index contributed by atoms with van der Waals surface area (Å²) in [6.45, 7) is 4.54. The summed E-state index contributed by atoms with van der Waals surface area (Å²) >= 11 is 3.38. The van der Waals surface area contributed by atoms with Gasteiger partial charge >= 0.3 is 0 Å². The summed E-state index contributed by atoms with van der Waals surface area (Å²) in [5, 5.41) is 3.31. The molecular weight excluding hydrogens is 269 g/mol. The van der Waals surface area contributed by atoms with E-state index in [-0.39, 0.29) is 5.82 Å². The summed E-state index contributed by atoms with van der Waals surface area (Å²) in [6, 6.07) is 5.46. The zero-order valence-corrected chi connectivity index (χ0v) is 11.3. The Kier molecular flexibility index (Phi) is 3.24. The fourth-order valence-corrected chi connectivity index (χ4v) is 2.86. The molecule has 0 radical (unpaired) electrons. The molecule has 2 rings (SSSR count). The highest BCUT2D eigenvalue weighted by Gasteiger charge is 2.31. The second-order valence-electron chi connectivity index (χ2n) is 5.34. The van der Waals surface area contributed by atoms with Gasteiger partial charge in [-0.3, -0.25) is 0 Å². The third-order valence-corrected chi connectivity index (χ3v) is 3.94. The molecule has 16 heavy (non-hydrogen) atoms. The molecule has 3 heteroatoms. The molecule has 1 aliphatic rings. The van der Waals surface area contributed by atoms with Gasteiger partial charge in [-0.2, -0.15) is 0 Å². The van der Waals surface area contributed by atoms with Crippen molar-refractivity contribution >= 4 is 21.6 Å². The van der Waals surface area contributed by atoms with Crippen molar-refractivity contribution in [1.82, 2.24) is 0 Å². The molecule has 0 heterocycles. The lowest BCUT2D eigenvalue weighted by atomic mass is 9.92. The molecule has 1 unspecified atom stereocenters. The number of benzene rings is 1. The van der Waals surface area contributed by atoms with Gasteiger partial charge in [0, 0.05) is 10.5 Å². The van der Waals surface area contributed by atoms with E-state index >= 15 is 0 Å². The SMILES string of the molecule is CC1(C)CCC(Nc2c(F)cccc2Br)C1. The maximum absolute atomic E-state index is 13.6. The van der Waals surface area contributed by atoms with Crippen molar-refractivity contribution in [2.45, 2.75) is 39.2 Å². The van der Waals surface area contributed by atoms with Crippen LogP contribution in [-0.2, 0) is 0 Å². The Morgan fingerprint density at radius 2 is 2.19 bits per heavy atom. The fourth-order valence-electron chi connectivity index (χ4n) is 2.40. The fraction of sp³-hybridized carbons (Fsp3) is 0.538. The third-order valence-electron chi connectivity index (χ3n) is 3.28. The molecule has 1 saturated carbocycles. The van der Waals surface area contributed by atoms with Gasteiger partial charge in [0.05, 0.1) is 5.69 Å². The van der Waals surface area contributed by atoms with Crippen LogP contribution in [0.15, 0.2) is 22.7 Å². The quantitative estimate of drug-likeness (QED) is 0.839. The predicted molar refractivity (Wildman–Crippen MR) is 69.1 cm³/mol. The molecule has 0 aliphatic heterocycles. The molecule has 1 aromatic carbocycles. The van der Waals surface area contributed by atoms with Crippen molar-refractivity contribution in [3.05, 3.63) is 28.5 Å². The van der Waals surface area contributed by atoms with Gasteiger partial charge in [-0.05, 0) is 52.7 Å². The predicted octanol–water partition coefficient (Wildman–Crippen LogP) is 4.58. The maximum Gasteiger partial charge on any atom is 0.147 e. The lowest BCUT2D eigenvalue weighted by molar-refractivity contribution is 0.378. The summed E-state index contributed by atoms with van der Waals surface area (Å²) < 4.78 is 14.4. The molecule has 0 saturated heterocycles. The number of hydrogen-bond acceptors (Lipinski definition) is 1. The lowest BCUT2D eigenvalue weighted by Gasteiger charge is -2.19. The van der Waals surface area contributed by atoms with Crippen LogP contribution in [-0.4, -0.2) is 6.04 Å². The van der Waals surface area contributed by atoms with E-state index in [1.165, 1.54) is 12.5 Å². The molecule has 1 nitrogen and oxygen atoms in total. The Morgan fingerprint density at radius 3 is 2.75 bits per heavy atom. The van der Waals surface area contributed by atoms with Crippen LogP contribution in [0.4, 0.5) is 10.1 Å². The van der Waals surface area contributed by atoms with Crippen LogP contribution in [0, 0.1) is 11.2 Å². The average Bonchev–Trinajstić information content (AvgIpc) is 2.52. The zero-order valence-electron chi connectivity index (χ0n) is 9.69. The van der Waals surface area contributed by atoms with Crippen LogP contribution in [0.1, 0.15) is 33.1 Å². The summed E-state index contributed by atoms with van der Waals surface area (Å²) in [5.74, 6) is -0.181. The highest BCUT2D eigenvalue weighted by molar-refractivity contribution is 9.10. The Labute approximate surface area is 105 Å². The maximum atomic E-state index is 13.6. The molecule has 0 amide bonds. The number of hydrogen-bond donors (Lipinski definition) is 1. The van der Waals surface area contributed by atoms with E-state index in [2.05, 4.69) is 35.1 Å². The van der Waals surface area contributed by atoms with Crippen molar-refractivity contribution in [2.75, 3.05) is 5.32 Å². The van der Waals surface area contributed by atoms with Gasteiger partial charge in [0.2, 0.25) is 0 Å². The smallest absolute Gasteiger partial charge is 0.147 e. The van der Waals surface area contributed by atoms with Gasteiger partial charge in [0.25, 0.3) is 0 Å². The van der Waals surface area contributed by atoms with Crippen molar-refractivity contribution in [3.63, 3.8) is 0 Å². The first-order valence-corrected chi connectivity index (χ1v) is 6.48. The van der Waals surface area contributed by atoms with E-state index in [9.17, 15) is 4.39 Å². The Balaban J connectivity index is 2.11.